The first-order valence-electron chi connectivity index (χ1n) is 4.86. The fourth-order valence-electron chi connectivity index (χ4n) is 2.26. The Labute approximate surface area is 86.2 Å². The molecule has 1 aliphatic carbocycles. The Morgan fingerprint density at radius 3 is 2.80 bits per heavy atom. The number of carbonyl (C=O) groups is 3. The molecular formula is C9H12N2O4. The molecule has 82 valence electrons. The minimum Gasteiger partial charge on any atom is -0.480 e. The van der Waals surface area contributed by atoms with Crippen molar-refractivity contribution in [2.45, 2.75) is 24.9 Å². The molecule has 0 spiro atoms. The number of nitrogens with one attached hydrogen (secondary N) is 1. The summed E-state index contributed by atoms with van der Waals surface area (Å²) in [5.41, 5.74) is 0. The van der Waals surface area contributed by atoms with Gasteiger partial charge in [-0.1, -0.05) is 0 Å². The second kappa shape index (κ2) is 3.52. The zero-order valence-corrected chi connectivity index (χ0v) is 8.05. The molecule has 1 saturated heterocycles. The topological polar surface area (TPSA) is 86.7 Å². The van der Waals surface area contributed by atoms with Crippen molar-refractivity contribution < 1.29 is 19.5 Å². The molecule has 15 heavy (non-hydrogen) atoms. The Morgan fingerprint density at radius 1 is 1.47 bits per heavy atom. The second-order valence-electron chi connectivity index (χ2n) is 3.95. The molecule has 6 heteroatoms. The van der Waals surface area contributed by atoms with Gasteiger partial charge in [-0.05, 0) is 18.8 Å². The first-order chi connectivity index (χ1) is 7.15. The summed E-state index contributed by atoms with van der Waals surface area (Å²) in [6.07, 6.45) is 1.89. The average molecular weight is 212 g/mol. The van der Waals surface area contributed by atoms with Gasteiger partial charge < -0.3 is 15.3 Å². The molecule has 6 nitrogen and oxygen atoms in total. The Morgan fingerprint density at radius 2 is 2.20 bits per heavy atom. The number of piperidine rings is 1. The quantitative estimate of drug-likeness (QED) is 0.573. The Hall–Kier alpha value is -1.59. The first kappa shape index (κ1) is 9.95. The van der Waals surface area contributed by atoms with E-state index in [2.05, 4.69) is 5.32 Å². The van der Waals surface area contributed by atoms with Crippen molar-refractivity contribution in [3.63, 3.8) is 0 Å². The number of fused-ring (bicyclic) bond motifs is 1. The van der Waals surface area contributed by atoms with Crippen LogP contribution in [0.4, 0.5) is 0 Å². The standard InChI is InChI=1S/C9H12N2O4/c12-4-10-3-8(13)11-6-1-5(6)2-7(11)9(14)15/h4-7H,1-3H2,(H,10,12)(H,14,15). The normalized spacial score (nSPS) is 32.0. The van der Waals surface area contributed by atoms with Gasteiger partial charge in [-0.25, -0.2) is 4.79 Å². The van der Waals surface area contributed by atoms with Gasteiger partial charge in [0.25, 0.3) is 0 Å². The molecule has 2 amide bonds. The molecule has 1 heterocycles. The number of aliphatic carboxylic acids is 1. The Kier molecular flexibility index (Phi) is 2.34. The maximum absolute atomic E-state index is 11.6. The molecule has 3 unspecified atom stereocenters. The smallest absolute Gasteiger partial charge is 0.326 e. The Bertz CT molecular complexity index is 317. The number of carboxylic acids is 1. The largest absolute Gasteiger partial charge is 0.480 e. The van der Waals surface area contributed by atoms with E-state index in [0.717, 1.165) is 6.42 Å². The molecule has 2 rings (SSSR count). The van der Waals surface area contributed by atoms with Crippen LogP contribution in [-0.2, 0) is 14.4 Å². The molecule has 2 aliphatic rings. The van der Waals surface area contributed by atoms with E-state index in [4.69, 9.17) is 5.11 Å². The monoisotopic (exact) mass is 212 g/mol. The lowest BCUT2D eigenvalue weighted by Crippen LogP contribution is -2.46. The minimum absolute atomic E-state index is 0.0899. The van der Waals surface area contributed by atoms with Gasteiger partial charge in [-0.15, -0.1) is 0 Å². The van der Waals surface area contributed by atoms with Gasteiger partial charge in [-0.3, -0.25) is 9.59 Å². The molecule has 2 fully saturated rings. The van der Waals surface area contributed by atoms with Gasteiger partial charge in [0, 0.05) is 6.04 Å². The highest BCUT2D eigenvalue weighted by atomic mass is 16.4. The molecule has 3 atom stereocenters. The highest BCUT2D eigenvalue weighted by molar-refractivity contribution is 5.87. The van der Waals surface area contributed by atoms with Crippen LogP contribution >= 0.6 is 0 Å². The van der Waals surface area contributed by atoms with Gasteiger partial charge in [0.05, 0.1) is 6.54 Å². The van der Waals surface area contributed by atoms with Crippen LogP contribution < -0.4 is 5.32 Å². The lowest BCUT2D eigenvalue weighted by molar-refractivity contribution is -0.149. The summed E-state index contributed by atoms with van der Waals surface area (Å²) in [5.74, 6) is -0.910. The van der Waals surface area contributed by atoms with Crippen LogP contribution in [0.5, 0.6) is 0 Å². The number of hydrogen-bond acceptors (Lipinski definition) is 3. The second-order valence-corrected chi connectivity index (χ2v) is 3.95. The van der Waals surface area contributed by atoms with Gasteiger partial charge in [0.1, 0.15) is 6.04 Å². The molecule has 0 radical (unpaired) electrons. The van der Waals surface area contributed by atoms with Crippen molar-refractivity contribution in [1.29, 1.82) is 0 Å². The molecule has 1 aliphatic heterocycles. The maximum Gasteiger partial charge on any atom is 0.326 e. The predicted octanol–water partition coefficient (Wildman–Crippen LogP) is -1.19. The van der Waals surface area contributed by atoms with Crippen molar-refractivity contribution in [1.82, 2.24) is 10.2 Å². The van der Waals surface area contributed by atoms with Crippen molar-refractivity contribution in [2.24, 2.45) is 5.92 Å². The highest BCUT2D eigenvalue weighted by Crippen LogP contribution is 2.47. The van der Waals surface area contributed by atoms with Crippen molar-refractivity contribution in [2.75, 3.05) is 6.54 Å². The third kappa shape index (κ3) is 1.67. The number of hydrogen-bond donors (Lipinski definition) is 2. The fourth-order valence-corrected chi connectivity index (χ4v) is 2.26. The van der Waals surface area contributed by atoms with E-state index >= 15 is 0 Å². The molecular weight excluding hydrogens is 200 g/mol. The molecule has 1 saturated carbocycles. The summed E-state index contributed by atoms with van der Waals surface area (Å²) in [5, 5.41) is 11.2. The third-order valence-corrected chi connectivity index (χ3v) is 3.01. The van der Waals surface area contributed by atoms with Crippen molar-refractivity contribution in [3.05, 3.63) is 0 Å². The summed E-state index contributed by atoms with van der Waals surface area (Å²) in [6.45, 7) is -0.115. The zero-order valence-electron chi connectivity index (χ0n) is 8.05. The van der Waals surface area contributed by atoms with Crippen LogP contribution in [0.25, 0.3) is 0 Å². The van der Waals surface area contributed by atoms with Crippen LogP contribution in [0.2, 0.25) is 0 Å². The highest BCUT2D eigenvalue weighted by Gasteiger charge is 2.55. The summed E-state index contributed by atoms with van der Waals surface area (Å²) in [7, 11) is 0. The van der Waals surface area contributed by atoms with Crippen LogP contribution in [0.3, 0.4) is 0 Å². The van der Waals surface area contributed by atoms with Crippen molar-refractivity contribution >= 4 is 18.3 Å². The zero-order chi connectivity index (χ0) is 11.0. The summed E-state index contributed by atoms with van der Waals surface area (Å²) in [6, 6.07) is -0.609. The minimum atomic E-state index is -0.957. The van der Waals surface area contributed by atoms with E-state index in [1.807, 2.05) is 0 Å². The van der Waals surface area contributed by atoms with E-state index in [1.165, 1.54) is 4.90 Å². The van der Waals surface area contributed by atoms with Crippen molar-refractivity contribution in [3.8, 4) is 0 Å². The number of rotatable bonds is 4. The number of likely N-dealkylation sites (tertiary alicyclic amines) is 1. The van der Waals surface area contributed by atoms with Gasteiger partial charge in [0.2, 0.25) is 12.3 Å². The molecule has 0 bridgehead atoms. The molecule has 0 aromatic carbocycles. The summed E-state index contributed by atoms with van der Waals surface area (Å²) < 4.78 is 0. The maximum atomic E-state index is 11.6. The average Bonchev–Trinajstić information content (AvgIpc) is 2.86. The van der Waals surface area contributed by atoms with Crippen LogP contribution in [0.15, 0.2) is 0 Å². The van der Waals surface area contributed by atoms with Crippen LogP contribution in [0, 0.1) is 5.92 Å². The number of carbonyl (C=O) groups excluding carboxylic acids is 2. The van der Waals surface area contributed by atoms with Gasteiger partial charge >= 0.3 is 5.97 Å². The lowest BCUT2D eigenvalue weighted by atomic mass is 10.1. The number of amides is 2. The van der Waals surface area contributed by atoms with Crippen LogP contribution in [0.1, 0.15) is 12.8 Å². The SMILES string of the molecule is O=CNCC(=O)N1C(C(=O)O)CC2CC21. The van der Waals surface area contributed by atoms with E-state index in [0.29, 0.717) is 18.7 Å². The fraction of sp³-hybridized carbons (Fsp3) is 0.667. The predicted molar refractivity (Wildman–Crippen MR) is 48.8 cm³/mol. The van der Waals surface area contributed by atoms with E-state index in [1.54, 1.807) is 0 Å². The first-order valence-corrected chi connectivity index (χ1v) is 4.86. The Balaban J connectivity index is 2.01. The van der Waals surface area contributed by atoms with E-state index < -0.39 is 12.0 Å². The lowest BCUT2D eigenvalue weighted by Gasteiger charge is -2.24. The summed E-state index contributed by atoms with van der Waals surface area (Å²) >= 11 is 0. The molecule has 2 N–H and O–H groups in total. The number of carboxylic acid groups (broad SMARTS) is 1. The van der Waals surface area contributed by atoms with E-state index in [-0.39, 0.29) is 18.5 Å². The summed E-state index contributed by atoms with van der Waals surface area (Å²) in [4.78, 5) is 33.9. The molecule has 0 aromatic rings. The van der Waals surface area contributed by atoms with Gasteiger partial charge in [0.15, 0.2) is 0 Å². The number of nitrogens with zero attached hydrogens (tertiary/aromatic N) is 1. The molecule has 0 aromatic heterocycles. The third-order valence-electron chi connectivity index (χ3n) is 3.01. The van der Waals surface area contributed by atoms with E-state index in [9.17, 15) is 14.4 Å². The van der Waals surface area contributed by atoms with Gasteiger partial charge in [-0.2, -0.15) is 0 Å². The van der Waals surface area contributed by atoms with Crippen LogP contribution in [-0.4, -0.2) is 46.9 Å².